The van der Waals surface area contributed by atoms with E-state index in [1.807, 2.05) is 24.3 Å². The van der Waals surface area contributed by atoms with E-state index in [0.717, 1.165) is 44.0 Å². The number of nitrogens with zero attached hydrogens (tertiary/aromatic N) is 4. The van der Waals surface area contributed by atoms with Crippen LogP contribution in [0, 0.1) is 13.8 Å². The zero-order valence-electron chi connectivity index (χ0n) is 17.4. The maximum absolute atomic E-state index is 5.48. The van der Waals surface area contributed by atoms with E-state index < -0.39 is 0 Å². The maximum atomic E-state index is 5.48. The molecule has 0 bridgehead atoms. The topological polar surface area (TPSA) is 54.6 Å². The predicted molar refractivity (Wildman–Crippen MR) is 113 cm³/mol. The average Bonchev–Trinajstić information content (AvgIpc) is 3.21. The number of benzene rings is 2. The standard InChI is InChI=1S/C23H28N4O2/c1-17-4-5-18(2)20(14-17)15-26-10-12-27(13-11-26)16-22-24-23(25-29-22)19-6-8-21(28-3)9-7-19/h4-9,14H,10-13,15-16H2,1-3H3. The summed E-state index contributed by atoms with van der Waals surface area (Å²) in [6, 6.07) is 14.4. The summed E-state index contributed by atoms with van der Waals surface area (Å²) < 4.78 is 10.7. The van der Waals surface area contributed by atoms with Gasteiger partial charge >= 0.3 is 0 Å². The van der Waals surface area contributed by atoms with Gasteiger partial charge in [0.2, 0.25) is 11.7 Å². The van der Waals surface area contributed by atoms with Crippen LogP contribution < -0.4 is 4.74 Å². The van der Waals surface area contributed by atoms with Crippen LogP contribution in [0.5, 0.6) is 5.75 Å². The van der Waals surface area contributed by atoms with Gasteiger partial charge in [-0.25, -0.2) is 0 Å². The van der Waals surface area contributed by atoms with Crippen LogP contribution in [-0.4, -0.2) is 53.2 Å². The third-order valence-electron chi connectivity index (χ3n) is 5.54. The Morgan fingerprint density at radius 1 is 0.931 bits per heavy atom. The van der Waals surface area contributed by atoms with E-state index in [-0.39, 0.29) is 0 Å². The van der Waals surface area contributed by atoms with Gasteiger partial charge in [0.05, 0.1) is 13.7 Å². The molecule has 0 spiro atoms. The molecule has 0 N–H and O–H groups in total. The molecule has 152 valence electrons. The molecule has 0 radical (unpaired) electrons. The Labute approximate surface area is 172 Å². The van der Waals surface area contributed by atoms with Crippen molar-refractivity contribution in [3.8, 4) is 17.1 Å². The van der Waals surface area contributed by atoms with Gasteiger partial charge in [0, 0.05) is 38.3 Å². The smallest absolute Gasteiger partial charge is 0.241 e. The minimum Gasteiger partial charge on any atom is -0.497 e. The second-order valence-electron chi connectivity index (χ2n) is 7.72. The van der Waals surface area contributed by atoms with Gasteiger partial charge in [0.1, 0.15) is 5.75 Å². The number of rotatable bonds is 6. The zero-order chi connectivity index (χ0) is 20.2. The minimum absolute atomic E-state index is 0.621. The molecule has 1 saturated heterocycles. The molecule has 0 unspecified atom stereocenters. The summed E-state index contributed by atoms with van der Waals surface area (Å²) in [6.45, 7) is 10.2. The molecule has 6 heteroatoms. The summed E-state index contributed by atoms with van der Waals surface area (Å²) in [5.41, 5.74) is 5.06. The molecule has 1 aromatic heterocycles. The summed E-state index contributed by atoms with van der Waals surface area (Å²) in [5.74, 6) is 2.10. The van der Waals surface area contributed by atoms with Crippen LogP contribution in [0.25, 0.3) is 11.4 Å². The van der Waals surface area contributed by atoms with Gasteiger partial charge in [-0.1, -0.05) is 28.9 Å². The molecule has 0 atom stereocenters. The van der Waals surface area contributed by atoms with Gasteiger partial charge in [-0.2, -0.15) is 4.98 Å². The Hall–Kier alpha value is -2.70. The number of hydrogen-bond donors (Lipinski definition) is 0. The molecule has 1 fully saturated rings. The van der Waals surface area contributed by atoms with Crippen molar-refractivity contribution >= 4 is 0 Å². The first kappa shape index (κ1) is 19.6. The first-order chi connectivity index (χ1) is 14.1. The molecule has 1 aliphatic rings. The lowest BCUT2D eigenvalue weighted by atomic mass is 10.0. The predicted octanol–water partition coefficient (Wildman–Crippen LogP) is 3.68. The van der Waals surface area contributed by atoms with E-state index in [9.17, 15) is 0 Å². The Morgan fingerprint density at radius 2 is 1.62 bits per heavy atom. The lowest BCUT2D eigenvalue weighted by Gasteiger charge is -2.34. The van der Waals surface area contributed by atoms with E-state index in [0.29, 0.717) is 18.3 Å². The minimum atomic E-state index is 0.621. The van der Waals surface area contributed by atoms with Gasteiger partial charge < -0.3 is 9.26 Å². The summed E-state index contributed by atoms with van der Waals surface area (Å²) in [5, 5.41) is 4.13. The fraction of sp³-hybridized carbons (Fsp3) is 0.391. The van der Waals surface area contributed by atoms with Crippen LogP contribution in [0.2, 0.25) is 0 Å². The number of ether oxygens (including phenoxy) is 1. The van der Waals surface area contributed by atoms with E-state index in [1.165, 1.54) is 16.7 Å². The average molecular weight is 393 g/mol. The van der Waals surface area contributed by atoms with Crippen LogP contribution in [0.4, 0.5) is 0 Å². The molecule has 1 aliphatic heterocycles. The van der Waals surface area contributed by atoms with E-state index in [4.69, 9.17) is 9.26 Å². The van der Waals surface area contributed by atoms with E-state index in [1.54, 1.807) is 7.11 Å². The summed E-state index contributed by atoms with van der Waals surface area (Å²) in [7, 11) is 1.66. The SMILES string of the molecule is COc1ccc(-c2noc(CN3CCN(Cc4cc(C)ccc4C)CC3)n2)cc1. The van der Waals surface area contributed by atoms with Crippen LogP contribution in [0.15, 0.2) is 47.0 Å². The van der Waals surface area contributed by atoms with Crippen molar-refractivity contribution in [3.63, 3.8) is 0 Å². The van der Waals surface area contributed by atoms with Crippen molar-refractivity contribution in [3.05, 3.63) is 65.0 Å². The molecule has 3 aromatic rings. The van der Waals surface area contributed by atoms with Crippen LogP contribution in [-0.2, 0) is 13.1 Å². The summed E-state index contributed by atoms with van der Waals surface area (Å²) in [6.07, 6.45) is 0. The lowest BCUT2D eigenvalue weighted by Crippen LogP contribution is -2.45. The number of aromatic nitrogens is 2. The van der Waals surface area contributed by atoms with Gasteiger partial charge in [0.25, 0.3) is 0 Å². The molecule has 0 amide bonds. The van der Waals surface area contributed by atoms with Gasteiger partial charge in [-0.3, -0.25) is 9.80 Å². The monoisotopic (exact) mass is 392 g/mol. The number of methoxy groups -OCH3 is 1. The fourth-order valence-corrected chi connectivity index (χ4v) is 3.68. The normalized spacial score (nSPS) is 15.6. The molecule has 0 saturated carbocycles. The number of piperazine rings is 1. The molecule has 4 rings (SSSR count). The fourth-order valence-electron chi connectivity index (χ4n) is 3.68. The first-order valence-electron chi connectivity index (χ1n) is 10.1. The second-order valence-corrected chi connectivity index (χ2v) is 7.72. The summed E-state index contributed by atoms with van der Waals surface area (Å²) >= 11 is 0. The highest BCUT2D eigenvalue weighted by Crippen LogP contribution is 2.20. The van der Waals surface area contributed by atoms with E-state index >= 15 is 0 Å². The lowest BCUT2D eigenvalue weighted by molar-refractivity contribution is 0.112. The molecule has 2 heterocycles. The molecular weight excluding hydrogens is 364 g/mol. The maximum Gasteiger partial charge on any atom is 0.241 e. The Morgan fingerprint density at radius 3 is 2.31 bits per heavy atom. The molecular formula is C23H28N4O2. The molecule has 6 nitrogen and oxygen atoms in total. The largest absolute Gasteiger partial charge is 0.497 e. The highest BCUT2D eigenvalue weighted by Gasteiger charge is 2.20. The zero-order valence-corrected chi connectivity index (χ0v) is 17.4. The first-order valence-corrected chi connectivity index (χ1v) is 10.1. The quantitative estimate of drug-likeness (QED) is 0.638. The van der Waals surface area contributed by atoms with Crippen molar-refractivity contribution < 1.29 is 9.26 Å². The Balaban J connectivity index is 1.30. The van der Waals surface area contributed by atoms with Crippen molar-refractivity contribution in [1.82, 2.24) is 19.9 Å². The van der Waals surface area contributed by atoms with Crippen LogP contribution >= 0.6 is 0 Å². The van der Waals surface area contributed by atoms with Crippen molar-refractivity contribution in [1.29, 1.82) is 0 Å². The highest BCUT2D eigenvalue weighted by atomic mass is 16.5. The van der Waals surface area contributed by atoms with Gasteiger partial charge in [0.15, 0.2) is 0 Å². The van der Waals surface area contributed by atoms with Crippen LogP contribution in [0.3, 0.4) is 0 Å². The third kappa shape index (κ3) is 4.83. The highest BCUT2D eigenvalue weighted by molar-refractivity contribution is 5.55. The van der Waals surface area contributed by atoms with Crippen molar-refractivity contribution in [2.75, 3.05) is 33.3 Å². The second kappa shape index (κ2) is 8.76. The third-order valence-corrected chi connectivity index (χ3v) is 5.54. The van der Waals surface area contributed by atoms with Gasteiger partial charge in [-0.15, -0.1) is 0 Å². The summed E-state index contributed by atoms with van der Waals surface area (Å²) in [4.78, 5) is 9.47. The van der Waals surface area contributed by atoms with E-state index in [2.05, 4.69) is 52.0 Å². The molecule has 2 aromatic carbocycles. The Bertz CT molecular complexity index is 944. The van der Waals surface area contributed by atoms with Gasteiger partial charge in [-0.05, 0) is 49.2 Å². The van der Waals surface area contributed by atoms with Crippen LogP contribution in [0.1, 0.15) is 22.6 Å². The number of aryl methyl sites for hydroxylation is 2. The molecule has 0 aliphatic carbocycles. The van der Waals surface area contributed by atoms with Crippen molar-refractivity contribution in [2.24, 2.45) is 0 Å². The molecule has 29 heavy (non-hydrogen) atoms. The Kier molecular flexibility index (Phi) is 5.92. The number of hydrogen-bond acceptors (Lipinski definition) is 6. The van der Waals surface area contributed by atoms with Crippen molar-refractivity contribution in [2.45, 2.75) is 26.9 Å².